The van der Waals surface area contributed by atoms with Gasteiger partial charge in [0.05, 0.1) is 0 Å². The third-order valence-electron chi connectivity index (χ3n) is 5.65. The molecule has 0 amide bonds. The van der Waals surface area contributed by atoms with E-state index in [1.807, 2.05) is 48.5 Å². The zero-order valence-corrected chi connectivity index (χ0v) is 16.1. The van der Waals surface area contributed by atoms with Crippen LogP contribution in [0.25, 0.3) is 0 Å². The van der Waals surface area contributed by atoms with Gasteiger partial charge in [-0.1, -0.05) is 61.4 Å². The molecular weight excluding hydrogens is 348 g/mol. The minimum Gasteiger partial charge on any atom is -0.384 e. The molecule has 0 heterocycles. The first-order chi connectivity index (χ1) is 13.4. The van der Waals surface area contributed by atoms with Gasteiger partial charge in [0, 0.05) is 23.0 Å². The number of nitrogen functional groups attached to an aromatic ring is 2. The summed E-state index contributed by atoms with van der Waals surface area (Å²) in [5.41, 5.74) is 14.7. The van der Waals surface area contributed by atoms with Crippen molar-refractivity contribution in [2.24, 2.45) is 23.3 Å². The Balaban J connectivity index is 1.68. The molecule has 0 saturated heterocycles. The van der Waals surface area contributed by atoms with Gasteiger partial charge in [0.25, 0.3) is 0 Å². The standard InChI is InChI=1S/C23H28N4O/c24-22(25)17-9-5-15(6-10-17)13-19-3-1-2-4-20(21(19)28)14-16-7-11-18(12-8-16)23(26)27/h5-12,19-20H,1-4,13-14H2,(H3,24,25)(H3,26,27). The van der Waals surface area contributed by atoms with Gasteiger partial charge in [-0.25, -0.2) is 0 Å². The molecule has 2 aromatic rings. The van der Waals surface area contributed by atoms with E-state index in [4.69, 9.17) is 22.3 Å². The number of carbonyl (C=O) groups is 1. The van der Waals surface area contributed by atoms with E-state index in [1.165, 1.54) is 0 Å². The minimum atomic E-state index is 0.0483. The van der Waals surface area contributed by atoms with E-state index in [0.29, 0.717) is 16.9 Å². The van der Waals surface area contributed by atoms with Gasteiger partial charge in [0.2, 0.25) is 0 Å². The van der Waals surface area contributed by atoms with E-state index >= 15 is 0 Å². The van der Waals surface area contributed by atoms with Crippen molar-refractivity contribution >= 4 is 17.5 Å². The fraction of sp³-hybridized carbons (Fsp3) is 0.348. The van der Waals surface area contributed by atoms with E-state index in [2.05, 4.69) is 0 Å². The smallest absolute Gasteiger partial charge is 0.139 e. The van der Waals surface area contributed by atoms with Crippen molar-refractivity contribution in [2.75, 3.05) is 0 Å². The highest BCUT2D eigenvalue weighted by Gasteiger charge is 2.29. The molecule has 1 aliphatic carbocycles. The molecule has 0 spiro atoms. The van der Waals surface area contributed by atoms with Crippen LogP contribution in [0.2, 0.25) is 0 Å². The molecule has 5 nitrogen and oxygen atoms in total. The van der Waals surface area contributed by atoms with Crippen molar-refractivity contribution in [1.29, 1.82) is 10.8 Å². The quantitative estimate of drug-likeness (QED) is 0.351. The molecule has 28 heavy (non-hydrogen) atoms. The van der Waals surface area contributed by atoms with Gasteiger partial charge >= 0.3 is 0 Å². The average Bonchev–Trinajstić information content (AvgIpc) is 2.85. The van der Waals surface area contributed by atoms with E-state index in [9.17, 15) is 4.79 Å². The summed E-state index contributed by atoms with van der Waals surface area (Å²) in [5, 5.41) is 15.0. The maximum atomic E-state index is 13.2. The zero-order valence-electron chi connectivity index (χ0n) is 16.1. The highest BCUT2D eigenvalue weighted by Crippen LogP contribution is 2.29. The Morgan fingerprint density at radius 2 is 1.11 bits per heavy atom. The van der Waals surface area contributed by atoms with Crippen LogP contribution in [0.5, 0.6) is 0 Å². The minimum absolute atomic E-state index is 0.0483. The number of hydrogen-bond acceptors (Lipinski definition) is 3. The van der Waals surface area contributed by atoms with Gasteiger partial charge in [-0.15, -0.1) is 0 Å². The summed E-state index contributed by atoms with van der Waals surface area (Å²) in [6, 6.07) is 15.3. The predicted octanol–water partition coefficient (Wildman–Crippen LogP) is 3.42. The summed E-state index contributed by atoms with van der Waals surface area (Å²) in [6.07, 6.45) is 5.54. The second-order valence-corrected chi connectivity index (χ2v) is 7.71. The van der Waals surface area contributed by atoms with Gasteiger partial charge in [-0.2, -0.15) is 0 Å². The van der Waals surface area contributed by atoms with Crippen molar-refractivity contribution in [3.8, 4) is 0 Å². The van der Waals surface area contributed by atoms with Crippen LogP contribution in [0, 0.1) is 22.7 Å². The number of amidine groups is 2. The van der Waals surface area contributed by atoms with Crippen LogP contribution < -0.4 is 11.5 Å². The van der Waals surface area contributed by atoms with Crippen molar-refractivity contribution in [3.05, 3.63) is 70.8 Å². The molecule has 0 aromatic heterocycles. The van der Waals surface area contributed by atoms with Crippen molar-refractivity contribution in [3.63, 3.8) is 0 Å². The Kier molecular flexibility index (Phi) is 6.24. The van der Waals surface area contributed by atoms with Gasteiger partial charge in [0.1, 0.15) is 17.5 Å². The molecule has 0 bridgehead atoms. The molecule has 146 valence electrons. The van der Waals surface area contributed by atoms with Crippen molar-refractivity contribution < 1.29 is 4.79 Å². The Bertz CT molecular complexity index is 784. The maximum absolute atomic E-state index is 13.2. The molecule has 6 N–H and O–H groups in total. The van der Waals surface area contributed by atoms with E-state index in [-0.39, 0.29) is 23.5 Å². The van der Waals surface area contributed by atoms with Gasteiger partial charge < -0.3 is 11.5 Å². The molecule has 2 unspecified atom stereocenters. The first-order valence-corrected chi connectivity index (χ1v) is 9.84. The largest absolute Gasteiger partial charge is 0.384 e. The number of hydrogen-bond donors (Lipinski definition) is 4. The van der Waals surface area contributed by atoms with Gasteiger partial charge in [0.15, 0.2) is 0 Å². The summed E-state index contributed by atoms with van der Waals surface area (Å²) in [4.78, 5) is 13.2. The second-order valence-electron chi connectivity index (χ2n) is 7.71. The number of Topliss-reactive ketones (excluding diaryl/α,β-unsaturated/α-hetero) is 1. The van der Waals surface area contributed by atoms with Gasteiger partial charge in [-0.05, 0) is 36.8 Å². The van der Waals surface area contributed by atoms with Crippen LogP contribution in [0.15, 0.2) is 48.5 Å². The first kappa shape index (κ1) is 19.8. The van der Waals surface area contributed by atoms with Crippen LogP contribution in [0.1, 0.15) is 47.9 Å². The average molecular weight is 377 g/mol. The fourth-order valence-electron chi connectivity index (χ4n) is 4.01. The normalized spacial score (nSPS) is 19.8. The lowest BCUT2D eigenvalue weighted by molar-refractivity contribution is -0.126. The summed E-state index contributed by atoms with van der Waals surface area (Å²) in [5.74, 6) is 0.587. The number of benzene rings is 2. The molecule has 0 radical (unpaired) electrons. The van der Waals surface area contributed by atoms with Gasteiger partial charge in [-0.3, -0.25) is 15.6 Å². The SMILES string of the molecule is N=C(N)c1ccc(CC2CCCCC(Cc3ccc(C(=N)N)cc3)C2=O)cc1. The predicted molar refractivity (Wildman–Crippen MR) is 113 cm³/mol. The third kappa shape index (κ3) is 4.85. The number of nitrogens with one attached hydrogen (secondary N) is 2. The Hall–Kier alpha value is -2.95. The highest BCUT2D eigenvalue weighted by atomic mass is 16.1. The van der Waals surface area contributed by atoms with Crippen LogP contribution >= 0.6 is 0 Å². The summed E-state index contributed by atoms with van der Waals surface area (Å²) < 4.78 is 0. The van der Waals surface area contributed by atoms with E-state index in [1.54, 1.807) is 0 Å². The van der Waals surface area contributed by atoms with Crippen molar-refractivity contribution in [1.82, 2.24) is 0 Å². The zero-order chi connectivity index (χ0) is 20.1. The molecule has 1 fully saturated rings. The molecule has 2 atom stereocenters. The van der Waals surface area contributed by atoms with Crippen molar-refractivity contribution in [2.45, 2.75) is 38.5 Å². The summed E-state index contributed by atoms with van der Waals surface area (Å²) in [7, 11) is 0. The molecule has 5 heteroatoms. The molecule has 1 saturated carbocycles. The van der Waals surface area contributed by atoms with Crippen LogP contribution in [-0.4, -0.2) is 17.5 Å². The molecule has 0 aliphatic heterocycles. The second kappa shape index (κ2) is 8.83. The molecule has 3 rings (SSSR count). The van der Waals surface area contributed by atoms with Crippen LogP contribution in [-0.2, 0) is 17.6 Å². The first-order valence-electron chi connectivity index (χ1n) is 9.84. The third-order valence-corrected chi connectivity index (χ3v) is 5.65. The maximum Gasteiger partial charge on any atom is 0.139 e. The monoisotopic (exact) mass is 376 g/mol. The topological polar surface area (TPSA) is 117 Å². The Labute approximate surface area is 166 Å². The van der Waals surface area contributed by atoms with E-state index < -0.39 is 0 Å². The lowest BCUT2D eigenvalue weighted by Crippen LogP contribution is -2.25. The molecular formula is C23H28N4O. The van der Waals surface area contributed by atoms with E-state index in [0.717, 1.165) is 49.7 Å². The number of nitrogens with two attached hydrogens (primary N) is 2. The Morgan fingerprint density at radius 1 is 0.750 bits per heavy atom. The summed E-state index contributed by atoms with van der Waals surface area (Å²) in [6.45, 7) is 0. The molecule has 1 aliphatic rings. The lowest BCUT2D eigenvalue weighted by atomic mass is 9.83. The van der Waals surface area contributed by atoms with Crippen LogP contribution in [0.3, 0.4) is 0 Å². The number of ketones is 1. The number of carbonyl (C=O) groups excluding carboxylic acids is 1. The molecule has 2 aromatic carbocycles. The summed E-state index contributed by atoms with van der Waals surface area (Å²) >= 11 is 0. The van der Waals surface area contributed by atoms with Crippen LogP contribution in [0.4, 0.5) is 0 Å². The highest BCUT2D eigenvalue weighted by molar-refractivity contribution is 5.95. The fourth-order valence-corrected chi connectivity index (χ4v) is 4.01. The lowest BCUT2D eigenvalue weighted by Gasteiger charge is -2.19. The number of rotatable bonds is 6. The Morgan fingerprint density at radius 3 is 1.43 bits per heavy atom.